The number of nitrogens with zero attached hydrogens (tertiary/aromatic N) is 3. The van der Waals surface area contributed by atoms with Crippen molar-refractivity contribution in [3.8, 4) is 0 Å². The van der Waals surface area contributed by atoms with Crippen molar-refractivity contribution in [1.82, 2.24) is 14.7 Å². The first kappa shape index (κ1) is 15.7. The molecule has 2 rings (SSSR count). The molecule has 0 N–H and O–H groups in total. The van der Waals surface area contributed by atoms with E-state index in [-0.39, 0.29) is 11.7 Å². The summed E-state index contributed by atoms with van der Waals surface area (Å²) >= 11 is 6.17. The Bertz CT molecular complexity index is 607. The van der Waals surface area contributed by atoms with Gasteiger partial charge in [0.05, 0.1) is 17.8 Å². The maximum atomic E-state index is 12.7. The minimum absolute atomic E-state index is 0.00227. The van der Waals surface area contributed by atoms with Crippen molar-refractivity contribution in [2.75, 3.05) is 20.6 Å². The number of halogens is 1. The van der Waals surface area contributed by atoms with E-state index in [4.69, 9.17) is 11.6 Å². The standard InChI is InChI=1S/C16H20ClN3O/c1-12(13-7-5-4-6-8-13)16(21)15-14(17)11-18-20(15)10-9-19(2)3/h4-8,11-12H,9-10H2,1-3H3. The van der Waals surface area contributed by atoms with E-state index < -0.39 is 0 Å². The fourth-order valence-corrected chi connectivity index (χ4v) is 2.40. The van der Waals surface area contributed by atoms with E-state index >= 15 is 0 Å². The summed E-state index contributed by atoms with van der Waals surface area (Å²) < 4.78 is 1.70. The van der Waals surface area contributed by atoms with Gasteiger partial charge in [0, 0.05) is 12.5 Å². The average molecular weight is 306 g/mol. The van der Waals surface area contributed by atoms with Gasteiger partial charge in [-0.2, -0.15) is 5.10 Å². The second kappa shape index (κ2) is 6.87. The van der Waals surface area contributed by atoms with Crippen LogP contribution in [-0.2, 0) is 6.54 Å². The SMILES string of the molecule is CC(C(=O)c1c(Cl)cnn1CCN(C)C)c1ccccc1. The number of ketones is 1. The predicted molar refractivity (Wildman–Crippen MR) is 85.0 cm³/mol. The van der Waals surface area contributed by atoms with Gasteiger partial charge in [-0.15, -0.1) is 0 Å². The molecule has 1 aromatic heterocycles. The lowest BCUT2D eigenvalue weighted by molar-refractivity contribution is 0.0955. The van der Waals surface area contributed by atoms with Crippen LogP contribution >= 0.6 is 11.6 Å². The first-order valence-electron chi connectivity index (χ1n) is 6.96. The Morgan fingerprint density at radius 3 is 2.62 bits per heavy atom. The van der Waals surface area contributed by atoms with Gasteiger partial charge in [-0.25, -0.2) is 0 Å². The number of aromatic nitrogens is 2. The molecule has 21 heavy (non-hydrogen) atoms. The van der Waals surface area contributed by atoms with E-state index in [1.54, 1.807) is 10.9 Å². The van der Waals surface area contributed by atoms with E-state index in [2.05, 4.69) is 5.10 Å². The predicted octanol–water partition coefficient (Wildman–Crippen LogP) is 3.08. The smallest absolute Gasteiger partial charge is 0.189 e. The van der Waals surface area contributed by atoms with E-state index in [0.717, 1.165) is 12.1 Å². The molecule has 1 unspecified atom stereocenters. The summed E-state index contributed by atoms with van der Waals surface area (Å²) in [7, 11) is 3.97. The van der Waals surface area contributed by atoms with Gasteiger partial charge in [-0.3, -0.25) is 9.48 Å². The third kappa shape index (κ3) is 3.71. The lowest BCUT2D eigenvalue weighted by Gasteiger charge is -2.14. The molecule has 112 valence electrons. The van der Waals surface area contributed by atoms with Gasteiger partial charge in [-0.1, -0.05) is 48.9 Å². The number of hydrogen-bond donors (Lipinski definition) is 0. The molecule has 0 aliphatic carbocycles. The summed E-state index contributed by atoms with van der Waals surface area (Å²) in [4.78, 5) is 14.8. The molecule has 0 amide bonds. The van der Waals surface area contributed by atoms with Crippen LogP contribution in [-0.4, -0.2) is 41.1 Å². The lowest BCUT2D eigenvalue weighted by atomic mass is 9.95. The fourth-order valence-electron chi connectivity index (χ4n) is 2.17. The number of likely N-dealkylation sites (N-methyl/N-ethyl adjacent to an activating group) is 1. The van der Waals surface area contributed by atoms with Crippen molar-refractivity contribution in [2.24, 2.45) is 0 Å². The van der Waals surface area contributed by atoms with Crippen LogP contribution in [0.15, 0.2) is 36.5 Å². The maximum Gasteiger partial charge on any atom is 0.189 e. The van der Waals surface area contributed by atoms with Crippen LogP contribution in [0.1, 0.15) is 28.9 Å². The summed E-state index contributed by atoms with van der Waals surface area (Å²) in [6, 6.07) is 9.72. The minimum atomic E-state index is -0.237. The summed E-state index contributed by atoms with van der Waals surface area (Å²) in [6.07, 6.45) is 1.54. The third-order valence-electron chi connectivity index (χ3n) is 3.48. The van der Waals surface area contributed by atoms with Crippen LogP contribution in [0, 0.1) is 0 Å². The molecule has 1 aromatic carbocycles. The molecule has 0 saturated heterocycles. The Morgan fingerprint density at radius 2 is 2.00 bits per heavy atom. The van der Waals surface area contributed by atoms with Gasteiger partial charge >= 0.3 is 0 Å². The first-order chi connectivity index (χ1) is 10.0. The van der Waals surface area contributed by atoms with E-state index in [0.29, 0.717) is 17.3 Å². The molecular weight excluding hydrogens is 286 g/mol. The zero-order valence-electron chi connectivity index (χ0n) is 12.6. The molecule has 0 saturated carbocycles. The van der Waals surface area contributed by atoms with Crippen LogP contribution in [0.25, 0.3) is 0 Å². The number of hydrogen-bond acceptors (Lipinski definition) is 3. The molecule has 5 heteroatoms. The molecular formula is C16H20ClN3O. The minimum Gasteiger partial charge on any atom is -0.308 e. The number of benzene rings is 1. The highest BCUT2D eigenvalue weighted by Crippen LogP contribution is 2.24. The number of rotatable bonds is 6. The molecule has 0 spiro atoms. The largest absolute Gasteiger partial charge is 0.308 e. The number of carbonyl (C=O) groups excluding carboxylic acids is 1. The van der Waals surface area contributed by atoms with Gasteiger partial charge in [0.1, 0.15) is 5.69 Å². The van der Waals surface area contributed by atoms with Crippen molar-refractivity contribution in [1.29, 1.82) is 0 Å². The fraction of sp³-hybridized carbons (Fsp3) is 0.375. The van der Waals surface area contributed by atoms with Crippen molar-refractivity contribution in [2.45, 2.75) is 19.4 Å². The lowest BCUT2D eigenvalue weighted by Crippen LogP contribution is -2.23. The average Bonchev–Trinajstić information content (AvgIpc) is 2.85. The van der Waals surface area contributed by atoms with Gasteiger partial charge in [0.15, 0.2) is 5.78 Å². The highest BCUT2D eigenvalue weighted by Gasteiger charge is 2.23. The quantitative estimate of drug-likeness (QED) is 0.770. The Labute approximate surface area is 130 Å². The Kier molecular flexibility index (Phi) is 5.15. The molecule has 2 aromatic rings. The van der Waals surface area contributed by atoms with Crippen LogP contribution in [0.4, 0.5) is 0 Å². The Balaban J connectivity index is 2.24. The molecule has 0 aliphatic heterocycles. The van der Waals surface area contributed by atoms with E-state index in [1.165, 1.54) is 0 Å². The van der Waals surface area contributed by atoms with Crippen molar-refractivity contribution in [3.63, 3.8) is 0 Å². The zero-order valence-corrected chi connectivity index (χ0v) is 13.3. The molecule has 0 bridgehead atoms. The van der Waals surface area contributed by atoms with Gasteiger partial charge < -0.3 is 4.90 Å². The van der Waals surface area contributed by atoms with E-state index in [9.17, 15) is 4.79 Å². The van der Waals surface area contributed by atoms with Gasteiger partial charge in [0.2, 0.25) is 0 Å². The first-order valence-corrected chi connectivity index (χ1v) is 7.33. The summed E-state index contributed by atoms with van der Waals surface area (Å²) in [5.74, 6) is -0.235. The molecule has 0 radical (unpaired) electrons. The normalized spacial score (nSPS) is 12.6. The topological polar surface area (TPSA) is 38.1 Å². The molecule has 1 atom stereocenters. The van der Waals surface area contributed by atoms with Crippen LogP contribution < -0.4 is 0 Å². The molecule has 4 nitrogen and oxygen atoms in total. The van der Waals surface area contributed by atoms with Crippen molar-refractivity contribution in [3.05, 3.63) is 52.8 Å². The summed E-state index contributed by atoms with van der Waals surface area (Å²) in [5.41, 5.74) is 1.48. The van der Waals surface area contributed by atoms with Gasteiger partial charge in [0.25, 0.3) is 0 Å². The second-order valence-corrected chi connectivity index (χ2v) is 5.77. The van der Waals surface area contributed by atoms with Crippen molar-refractivity contribution < 1.29 is 4.79 Å². The molecule has 0 aliphatic rings. The Hall–Kier alpha value is -1.65. The van der Waals surface area contributed by atoms with Crippen LogP contribution in [0.2, 0.25) is 5.02 Å². The second-order valence-electron chi connectivity index (χ2n) is 5.36. The van der Waals surface area contributed by atoms with Crippen molar-refractivity contribution >= 4 is 17.4 Å². The van der Waals surface area contributed by atoms with Crippen LogP contribution in [0.3, 0.4) is 0 Å². The number of Topliss-reactive ketones (excluding diaryl/α,β-unsaturated/α-hetero) is 1. The molecule has 1 heterocycles. The maximum absolute atomic E-state index is 12.7. The highest BCUT2D eigenvalue weighted by molar-refractivity contribution is 6.33. The Morgan fingerprint density at radius 1 is 1.33 bits per heavy atom. The van der Waals surface area contributed by atoms with E-state index in [1.807, 2.05) is 56.3 Å². The monoisotopic (exact) mass is 305 g/mol. The summed E-state index contributed by atoms with van der Waals surface area (Å²) in [5, 5.41) is 4.64. The summed E-state index contributed by atoms with van der Waals surface area (Å²) in [6.45, 7) is 3.34. The number of carbonyl (C=O) groups is 1. The van der Waals surface area contributed by atoms with Gasteiger partial charge in [-0.05, 0) is 19.7 Å². The molecule has 0 fully saturated rings. The third-order valence-corrected chi connectivity index (χ3v) is 3.76. The highest BCUT2D eigenvalue weighted by atomic mass is 35.5. The zero-order chi connectivity index (χ0) is 15.4. The van der Waals surface area contributed by atoms with Crippen LogP contribution in [0.5, 0.6) is 0 Å².